The summed E-state index contributed by atoms with van der Waals surface area (Å²) in [5.41, 5.74) is 2.77. The first kappa shape index (κ1) is 15.2. The van der Waals surface area contributed by atoms with Gasteiger partial charge in [-0.1, -0.05) is 36.4 Å². The lowest BCUT2D eigenvalue weighted by Crippen LogP contribution is -2.19. The number of nitrogens with one attached hydrogen (secondary N) is 1. The maximum Gasteiger partial charge on any atom is 0.307 e. The van der Waals surface area contributed by atoms with Crippen molar-refractivity contribution < 1.29 is 14.3 Å². The Morgan fingerprint density at radius 3 is 2.38 bits per heavy atom. The van der Waals surface area contributed by atoms with E-state index < -0.39 is 5.97 Å². The van der Waals surface area contributed by atoms with Crippen molar-refractivity contribution in [3.05, 3.63) is 71.0 Å². The second-order valence-electron chi connectivity index (χ2n) is 4.99. The van der Waals surface area contributed by atoms with Crippen molar-refractivity contribution in [2.45, 2.75) is 25.9 Å². The Balaban J connectivity index is 2.02. The quantitative estimate of drug-likeness (QED) is 0.857. The van der Waals surface area contributed by atoms with Crippen molar-refractivity contribution in [3.8, 4) is 0 Å². The van der Waals surface area contributed by atoms with Gasteiger partial charge in [0.25, 0.3) is 0 Å². The van der Waals surface area contributed by atoms with Crippen LogP contribution in [0.5, 0.6) is 0 Å². The number of hydrogen-bond acceptors (Lipinski definition) is 2. The SMILES string of the molecule is C[C@@H](NCc1ccccc1CC(=O)O)c1ccc(F)cc1. The minimum atomic E-state index is -0.839. The van der Waals surface area contributed by atoms with Gasteiger partial charge >= 0.3 is 5.97 Å². The summed E-state index contributed by atoms with van der Waals surface area (Å²) in [5, 5.41) is 12.2. The Kier molecular flexibility index (Phi) is 5.06. The Labute approximate surface area is 123 Å². The summed E-state index contributed by atoms with van der Waals surface area (Å²) in [6, 6.07) is 13.9. The summed E-state index contributed by atoms with van der Waals surface area (Å²) in [4.78, 5) is 10.9. The molecule has 0 aliphatic rings. The van der Waals surface area contributed by atoms with E-state index in [1.54, 1.807) is 12.1 Å². The van der Waals surface area contributed by atoms with Crippen LogP contribution in [0, 0.1) is 5.82 Å². The third-order valence-corrected chi connectivity index (χ3v) is 3.43. The molecule has 4 heteroatoms. The van der Waals surface area contributed by atoms with Crippen molar-refractivity contribution >= 4 is 5.97 Å². The van der Waals surface area contributed by atoms with Gasteiger partial charge in [0.05, 0.1) is 6.42 Å². The third-order valence-electron chi connectivity index (χ3n) is 3.43. The first-order chi connectivity index (χ1) is 10.1. The average Bonchev–Trinajstić information content (AvgIpc) is 2.46. The van der Waals surface area contributed by atoms with Crippen molar-refractivity contribution in [2.24, 2.45) is 0 Å². The van der Waals surface area contributed by atoms with Gasteiger partial charge in [-0.05, 0) is 35.7 Å². The summed E-state index contributed by atoms with van der Waals surface area (Å²) in [5.74, 6) is -1.09. The van der Waals surface area contributed by atoms with E-state index in [0.29, 0.717) is 6.54 Å². The molecule has 0 unspecified atom stereocenters. The smallest absolute Gasteiger partial charge is 0.307 e. The Morgan fingerprint density at radius 1 is 1.14 bits per heavy atom. The number of carboxylic acid groups (broad SMARTS) is 1. The molecule has 21 heavy (non-hydrogen) atoms. The zero-order valence-corrected chi connectivity index (χ0v) is 11.8. The lowest BCUT2D eigenvalue weighted by molar-refractivity contribution is -0.136. The van der Waals surface area contributed by atoms with E-state index in [-0.39, 0.29) is 18.3 Å². The molecular weight excluding hydrogens is 269 g/mol. The Bertz CT molecular complexity index is 610. The molecule has 0 fully saturated rings. The van der Waals surface area contributed by atoms with Crippen molar-refractivity contribution in [1.29, 1.82) is 0 Å². The van der Waals surface area contributed by atoms with E-state index in [0.717, 1.165) is 16.7 Å². The molecular formula is C17H18FNO2. The van der Waals surface area contributed by atoms with E-state index in [1.807, 2.05) is 31.2 Å². The van der Waals surface area contributed by atoms with E-state index in [4.69, 9.17) is 5.11 Å². The summed E-state index contributed by atoms with van der Waals surface area (Å²) in [6.45, 7) is 2.56. The highest BCUT2D eigenvalue weighted by Gasteiger charge is 2.09. The number of carboxylic acids is 1. The summed E-state index contributed by atoms with van der Waals surface area (Å²) in [7, 11) is 0. The molecule has 0 bridgehead atoms. The van der Waals surface area contributed by atoms with Gasteiger partial charge < -0.3 is 10.4 Å². The minimum absolute atomic E-state index is 0.0166. The molecule has 0 aliphatic heterocycles. The number of carbonyl (C=O) groups is 1. The molecule has 2 N–H and O–H groups in total. The maximum absolute atomic E-state index is 12.9. The van der Waals surface area contributed by atoms with Crippen LogP contribution in [0.15, 0.2) is 48.5 Å². The Hall–Kier alpha value is -2.20. The predicted molar refractivity (Wildman–Crippen MR) is 79.4 cm³/mol. The van der Waals surface area contributed by atoms with Crippen LogP contribution in [0.1, 0.15) is 29.7 Å². The monoisotopic (exact) mass is 287 g/mol. The summed E-state index contributed by atoms with van der Waals surface area (Å²) < 4.78 is 12.9. The van der Waals surface area contributed by atoms with Crippen LogP contribution in [0.25, 0.3) is 0 Å². The van der Waals surface area contributed by atoms with Crippen LogP contribution in [0.3, 0.4) is 0 Å². The summed E-state index contributed by atoms with van der Waals surface area (Å²) in [6.07, 6.45) is 0.0166. The zero-order chi connectivity index (χ0) is 15.2. The molecule has 110 valence electrons. The van der Waals surface area contributed by atoms with E-state index >= 15 is 0 Å². The van der Waals surface area contributed by atoms with Crippen LogP contribution in [-0.2, 0) is 17.8 Å². The standard InChI is InChI=1S/C17H18FNO2/c1-12(13-6-8-16(18)9-7-13)19-11-15-5-3-2-4-14(15)10-17(20)21/h2-9,12,19H,10-11H2,1H3,(H,20,21)/t12-/m1/s1. The molecule has 0 amide bonds. The highest BCUT2D eigenvalue weighted by molar-refractivity contribution is 5.70. The molecule has 2 aromatic carbocycles. The molecule has 0 saturated heterocycles. The average molecular weight is 287 g/mol. The molecule has 0 radical (unpaired) electrons. The molecule has 2 rings (SSSR count). The van der Waals surface area contributed by atoms with Crippen LogP contribution < -0.4 is 5.32 Å². The van der Waals surface area contributed by atoms with Crippen molar-refractivity contribution in [1.82, 2.24) is 5.32 Å². The van der Waals surface area contributed by atoms with Gasteiger partial charge in [0, 0.05) is 12.6 Å². The van der Waals surface area contributed by atoms with Gasteiger partial charge in [0.15, 0.2) is 0 Å². The van der Waals surface area contributed by atoms with Crippen LogP contribution in [-0.4, -0.2) is 11.1 Å². The lowest BCUT2D eigenvalue weighted by atomic mass is 10.0. The topological polar surface area (TPSA) is 49.3 Å². The molecule has 0 heterocycles. The highest BCUT2D eigenvalue weighted by Crippen LogP contribution is 2.15. The number of halogens is 1. The van der Waals surface area contributed by atoms with Gasteiger partial charge in [-0.25, -0.2) is 4.39 Å². The fourth-order valence-corrected chi connectivity index (χ4v) is 2.20. The predicted octanol–water partition coefficient (Wildman–Crippen LogP) is 3.30. The highest BCUT2D eigenvalue weighted by atomic mass is 19.1. The van der Waals surface area contributed by atoms with Gasteiger partial charge in [0.2, 0.25) is 0 Å². The second-order valence-corrected chi connectivity index (χ2v) is 4.99. The molecule has 2 aromatic rings. The number of hydrogen-bond donors (Lipinski definition) is 2. The van der Waals surface area contributed by atoms with Crippen LogP contribution in [0.2, 0.25) is 0 Å². The lowest BCUT2D eigenvalue weighted by Gasteiger charge is -2.16. The number of benzene rings is 2. The zero-order valence-electron chi connectivity index (χ0n) is 11.8. The normalized spacial score (nSPS) is 12.1. The minimum Gasteiger partial charge on any atom is -0.481 e. The molecule has 3 nitrogen and oxygen atoms in total. The van der Waals surface area contributed by atoms with Crippen molar-refractivity contribution in [2.75, 3.05) is 0 Å². The first-order valence-electron chi connectivity index (χ1n) is 6.83. The summed E-state index contributed by atoms with van der Waals surface area (Å²) >= 11 is 0. The van der Waals surface area contributed by atoms with Gasteiger partial charge in [0.1, 0.15) is 5.82 Å². The van der Waals surface area contributed by atoms with Crippen molar-refractivity contribution in [3.63, 3.8) is 0 Å². The first-order valence-corrected chi connectivity index (χ1v) is 6.83. The number of rotatable bonds is 6. The largest absolute Gasteiger partial charge is 0.481 e. The van der Waals surface area contributed by atoms with Crippen LogP contribution >= 0.6 is 0 Å². The maximum atomic E-state index is 12.9. The van der Waals surface area contributed by atoms with Gasteiger partial charge in [-0.2, -0.15) is 0 Å². The third kappa shape index (κ3) is 4.39. The Morgan fingerprint density at radius 2 is 1.76 bits per heavy atom. The molecule has 0 spiro atoms. The second kappa shape index (κ2) is 6.99. The van der Waals surface area contributed by atoms with E-state index in [9.17, 15) is 9.18 Å². The molecule has 0 aliphatic carbocycles. The van der Waals surface area contributed by atoms with Gasteiger partial charge in [-0.15, -0.1) is 0 Å². The van der Waals surface area contributed by atoms with Crippen LogP contribution in [0.4, 0.5) is 4.39 Å². The number of aliphatic carboxylic acids is 1. The van der Waals surface area contributed by atoms with Gasteiger partial charge in [-0.3, -0.25) is 4.79 Å². The molecule has 0 saturated carbocycles. The fourth-order valence-electron chi connectivity index (χ4n) is 2.20. The molecule has 0 aromatic heterocycles. The van der Waals surface area contributed by atoms with E-state index in [2.05, 4.69) is 5.32 Å². The molecule has 1 atom stereocenters. The fraction of sp³-hybridized carbons (Fsp3) is 0.235. The van der Waals surface area contributed by atoms with E-state index in [1.165, 1.54) is 12.1 Å².